The molecule has 0 aliphatic rings. The molecule has 0 aromatic heterocycles. The molecule has 0 aliphatic heterocycles. The molecule has 1 aromatic rings. The van der Waals surface area contributed by atoms with E-state index < -0.39 is 0 Å². The third kappa shape index (κ3) is 6.44. The maximum Gasteiger partial charge on any atom is 0.137 e. The Balaban J connectivity index is 2.32. The van der Waals surface area contributed by atoms with Crippen molar-refractivity contribution in [1.29, 1.82) is 0 Å². The number of ether oxygens (including phenoxy) is 1. The van der Waals surface area contributed by atoms with Crippen molar-refractivity contribution in [2.45, 2.75) is 52.0 Å². The van der Waals surface area contributed by atoms with Gasteiger partial charge < -0.3 is 10.1 Å². The van der Waals surface area contributed by atoms with Gasteiger partial charge in [-0.3, -0.25) is 0 Å². The Kier molecular flexibility index (Phi) is 8.93. The van der Waals surface area contributed by atoms with Crippen molar-refractivity contribution in [1.82, 2.24) is 5.32 Å². The highest BCUT2D eigenvalue weighted by atomic mass is 79.9. The average Bonchev–Trinajstić information content (AvgIpc) is 2.41. The highest BCUT2D eigenvalue weighted by Gasteiger charge is 2.07. The summed E-state index contributed by atoms with van der Waals surface area (Å²) in [5, 5.41) is 3.18. The molecule has 1 aromatic carbocycles. The molecular weight excluding hydrogens is 302 g/mol. The van der Waals surface area contributed by atoms with E-state index in [2.05, 4.69) is 34.2 Å². The number of benzene rings is 1. The van der Waals surface area contributed by atoms with E-state index in [0.717, 1.165) is 29.8 Å². The molecule has 0 unspecified atom stereocenters. The standard InChI is InChI=1S/C16H26BrNO/c1-3-4-5-6-7-8-12-19-16-14(13-18-2)10-9-11-15(16)17/h9-11,18H,3-8,12-13H2,1-2H3. The molecule has 1 N–H and O–H groups in total. The summed E-state index contributed by atoms with van der Waals surface area (Å²) in [7, 11) is 1.96. The van der Waals surface area contributed by atoms with Gasteiger partial charge in [-0.15, -0.1) is 0 Å². The summed E-state index contributed by atoms with van der Waals surface area (Å²) in [4.78, 5) is 0. The number of nitrogens with one attached hydrogen (secondary N) is 1. The minimum Gasteiger partial charge on any atom is -0.492 e. The number of rotatable bonds is 10. The molecule has 0 fully saturated rings. The zero-order valence-corrected chi connectivity index (χ0v) is 13.8. The second kappa shape index (κ2) is 10.3. The van der Waals surface area contributed by atoms with Crippen molar-refractivity contribution < 1.29 is 4.74 Å². The Labute approximate surface area is 126 Å². The van der Waals surface area contributed by atoms with E-state index >= 15 is 0 Å². The summed E-state index contributed by atoms with van der Waals surface area (Å²) in [6.07, 6.45) is 7.77. The van der Waals surface area contributed by atoms with Crippen LogP contribution >= 0.6 is 15.9 Å². The van der Waals surface area contributed by atoms with Gasteiger partial charge in [-0.1, -0.05) is 51.2 Å². The molecule has 1 rings (SSSR count). The first-order valence-corrected chi connectivity index (χ1v) is 8.13. The summed E-state index contributed by atoms with van der Waals surface area (Å²) in [6.45, 7) is 3.90. The van der Waals surface area contributed by atoms with Crippen molar-refractivity contribution in [3.05, 3.63) is 28.2 Å². The zero-order chi connectivity index (χ0) is 13.9. The lowest BCUT2D eigenvalue weighted by Crippen LogP contribution is -2.08. The highest BCUT2D eigenvalue weighted by Crippen LogP contribution is 2.29. The zero-order valence-electron chi connectivity index (χ0n) is 12.2. The van der Waals surface area contributed by atoms with Gasteiger partial charge in [0.05, 0.1) is 11.1 Å². The fourth-order valence-corrected chi connectivity index (χ4v) is 2.62. The number of hydrogen-bond donors (Lipinski definition) is 1. The molecule has 0 bridgehead atoms. The van der Waals surface area contributed by atoms with Crippen LogP contribution in [0.3, 0.4) is 0 Å². The summed E-state index contributed by atoms with van der Waals surface area (Å²) >= 11 is 3.57. The number of hydrogen-bond acceptors (Lipinski definition) is 2. The molecular formula is C16H26BrNO. The third-order valence-electron chi connectivity index (χ3n) is 3.16. The van der Waals surface area contributed by atoms with Crippen LogP contribution in [-0.4, -0.2) is 13.7 Å². The van der Waals surface area contributed by atoms with Gasteiger partial charge in [0.2, 0.25) is 0 Å². The van der Waals surface area contributed by atoms with Gasteiger partial charge >= 0.3 is 0 Å². The van der Waals surface area contributed by atoms with Crippen LogP contribution in [0.15, 0.2) is 22.7 Å². The molecule has 0 radical (unpaired) electrons. The van der Waals surface area contributed by atoms with Crippen molar-refractivity contribution in [3.8, 4) is 5.75 Å². The molecule has 0 amide bonds. The van der Waals surface area contributed by atoms with Crippen LogP contribution in [0, 0.1) is 0 Å². The van der Waals surface area contributed by atoms with Crippen LogP contribution in [0.1, 0.15) is 51.0 Å². The lowest BCUT2D eigenvalue weighted by Gasteiger charge is -2.13. The molecule has 0 saturated carbocycles. The van der Waals surface area contributed by atoms with Gasteiger partial charge in [0.25, 0.3) is 0 Å². The molecule has 0 saturated heterocycles. The lowest BCUT2D eigenvalue weighted by atomic mass is 10.1. The van der Waals surface area contributed by atoms with E-state index in [0.29, 0.717) is 0 Å². The fourth-order valence-electron chi connectivity index (χ4n) is 2.10. The van der Waals surface area contributed by atoms with Gasteiger partial charge in [-0.25, -0.2) is 0 Å². The van der Waals surface area contributed by atoms with E-state index in [1.165, 1.54) is 37.7 Å². The van der Waals surface area contributed by atoms with Crippen molar-refractivity contribution >= 4 is 15.9 Å². The molecule has 3 heteroatoms. The first-order valence-electron chi connectivity index (χ1n) is 7.34. The summed E-state index contributed by atoms with van der Waals surface area (Å²) in [5.41, 5.74) is 1.21. The Hall–Kier alpha value is -0.540. The molecule has 0 spiro atoms. The number of unbranched alkanes of at least 4 members (excludes halogenated alkanes) is 5. The van der Waals surface area contributed by atoms with Crippen LogP contribution in [0.4, 0.5) is 0 Å². The Bertz CT molecular complexity index is 355. The predicted octanol–water partition coefficient (Wildman–Crippen LogP) is 4.91. The quantitative estimate of drug-likeness (QED) is 0.616. The molecule has 0 heterocycles. The molecule has 2 nitrogen and oxygen atoms in total. The van der Waals surface area contributed by atoms with Gasteiger partial charge in [0, 0.05) is 12.1 Å². The smallest absolute Gasteiger partial charge is 0.137 e. The minimum absolute atomic E-state index is 0.811. The van der Waals surface area contributed by atoms with Gasteiger partial charge in [0.1, 0.15) is 5.75 Å². The first kappa shape index (κ1) is 16.5. The minimum atomic E-state index is 0.811. The Morgan fingerprint density at radius 3 is 2.58 bits per heavy atom. The first-order chi connectivity index (χ1) is 9.29. The third-order valence-corrected chi connectivity index (χ3v) is 3.78. The number of halogens is 1. The van der Waals surface area contributed by atoms with E-state index in [9.17, 15) is 0 Å². The SMILES string of the molecule is CCCCCCCCOc1c(Br)cccc1CNC. The van der Waals surface area contributed by atoms with Gasteiger partial charge in [-0.05, 0) is 35.5 Å². The monoisotopic (exact) mass is 327 g/mol. The predicted molar refractivity (Wildman–Crippen MR) is 85.8 cm³/mol. The maximum absolute atomic E-state index is 5.94. The van der Waals surface area contributed by atoms with Crippen LogP contribution in [0.25, 0.3) is 0 Å². The lowest BCUT2D eigenvalue weighted by molar-refractivity contribution is 0.299. The second-order valence-corrected chi connectivity index (χ2v) is 5.73. The molecule has 108 valence electrons. The largest absolute Gasteiger partial charge is 0.492 e. The normalized spacial score (nSPS) is 10.7. The number of para-hydroxylation sites is 1. The van der Waals surface area contributed by atoms with Gasteiger partial charge in [-0.2, -0.15) is 0 Å². The average molecular weight is 328 g/mol. The van der Waals surface area contributed by atoms with E-state index in [-0.39, 0.29) is 0 Å². The molecule has 19 heavy (non-hydrogen) atoms. The van der Waals surface area contributed by atoms with Gasteiger partial charge in [0.15, 0.2) is 0 Å². The maximum atomic E-state index is 5.94. The van der Waals surface area contributed by atoms with E-state index in [1.54, 1.807) is 0 Å². The summed E-state index contributed by atoms with van der Waals surface area (Å²) in [6, 6.07) is 6.20. The Morgan fingerprint density at radius 2 is 1.84 bits per heavy atom. The van der Waals surface area contributed by atoms with Crippen LogP contribution in [0.2, 0.25) is 0 Å². The van der Waals surface area contributed by atoms with E-state index in [1.807, 2.05) is 19.2 Å². The van der Waals surface area contributed by atoms with Crippen LogP contribution in [0.5, 0.6) is 5.75 Å². The fraction of sp³-hybridized carbons (Fsp3) is 0.625. The second-order valence-electron chi connectivity index (χ2n) is 4.87. The molecule has 0 aliphatic carbocycles. The van der Waals surface area contributed by atoms with Crippen molar-refractivity contribution in [3.63, 3.8) is 0 Å². The van der Waals surface area contributed by atoms with Crippen molar-refractivity contribution in [2.24, 2.45) is 0 Å². The summed E-state index contributed by atoms with van der Waals surface area (Å²) in [5.74, 6) is 0.991. The topological polar surface area (TPSA) is 21.3 Å². The molecule has 0 atom stereocenters. The van der Waals surface area contributed by atoms with Crippen LogP contribution in [-0.2, 0) is 6.54 Å². The van der Waals surface area contributed by atoms with Crippen molar-refractivity contribution in [2.75, 3.05) is 13.7 Å². The highest BCUT2D eigenvalue weighted by molar-refractivity contribution is 9.10. The van der Waals surface area contributed by atoms with E-state index in [4.69, 9.17) is 4.74 Å². The van der Waals surface area contributed by atoms with Crippen LogP contribution < -0.4 is 10.1 Å². The summed E-state index contributed by atoms with van der Waals surface area (Å²) < 4.78 is 6.99. The Morgan fingerprint density at radius 1 is 1.11 bits per heavy atom.